The van der Waals surface area contributed by atoms with Crippen LogP contribution in [-0.2, 0) is 0 Å². The number of fused-ring (bicyclic) bond motifs is 1. The van der Waals surface area contributed by atoms with Gasteiger partial charge in [-0.25, -0.2) is 4.52 Å². The second-order valence-electron chi connectivity index (χ2n) is 5.43. The molecule has 6 nitrogen and oxygen atoms in total. The van der Waals surface area contributed by atoms with Crippen LogP contribution in [-0.4, -0.2) is 21.5 Å². The lowest BCUT2D eigenvalue weighted by Crippen LogP contribution is -2.25. The Morgan fingerprint density at radius 3 is 2.80 bits per heavy atom. The fourth-order valence-electron chi connectivity index (χ4n) is 2.88. The van der Waals surface area contributed by atoms with Crippen LogP contribution in [0.5, 0.6) is 0 Å². The van der Waals surface area contributed by atoms with E-state index < -0.39 is 0 Å². The van der Waals surface area contributed by atoms with E-state index in [1.807, 2.05) is 6.07 Å². The smallest absolute Gasteiger partial charge is 0.126 e. The Morgan fingerprint density at radius 2 is 2.10 bits per heavy atom. The van der Waals surface area contributed by atoms with Crippen molar-refractivity contribution in [3.8, 4) is 0 Å². The van der Waals surface area contributed by atoms with Gasteiger partial charge in [0.2, 0.25) is 0 Å². The van der Waals surface area contributed by atoms with Gasteiger partial charge >= 0.3 is 0 Å². The molecule has 0 unspecified atom stereocenters. The highest BCUT2D eigenvalue weighted by atomic mass is 15.2. The minimum atomic E-state index is 0.0260. The molecule has 20 heavy (non-hydrogen) atoms. The van der Waals surface area contributed by atoms with Gasteiger partial charge in [0.05, 0.1) is 34.8 Å². The normalized spacial score (nSPS) is 16.4. The summed E-state index contributed by atoms with van der Waals surface area (Å²) in [6, 6.07) is 2.30. The van der Waals surface area contributed by atoms with Gasteiger partial charge < -0.3 is 16.8 Å². The molecule has 0 radical (unpaired) electrons. The summed E-state index contributed by atoms with van der Waals surface area (Å²) in [6.45, 7) is 0. The number of rotatable bonds is 3. The molecule has 6 N–H and O–H groups in total. The van der Waals surface area contributed by atoms with Gasteiger partial charge in [-0.2, -0.15) is 5.10 Å². The van der Waals surface area contributed by atoms with Crippen LogP contribution >= 0.6 is 0 Å². The summed E-state index contributed by atoms with van der Waals surface area (Å²) < 4.78 is 1.73. The van der Waals surface area contributed by atoms with E-state index in [2.05, 4.69) is 10.4 Å². The molecular formula is C14H20N6. The Bertz CT molecular complexity index is 638. The number of nitrogen functional groups attached to an aromatic ring is 2. The van der Waals surface area contributed by atoms with E-state index >= 15 is 0 Å². The van der Waals surface area contributed by atoms with Crippen molar-refractivity contribution in [2.24, 2.45) is 5.73 Å². The summed E-state index contributed by atoms with van der Waals surface area (Å²) >= 11 is 0. The maximum absolute atomic E-state index is 7.73. The molecule has 0 aliphatic heterocycles. The molecule has 0 amide bonds. The van der Waals surface area contributed by atoms with Crippen molar-refractivity contribution in [2.75, 3.05) is 11.1 Å². The molecule has 1 aliphatic carbocycles. The molecule has 106 valence electrons. The molecule has 0 aromatic carbocycles. The molecule has 1 aliphatic rings. The Labute approximate surface area is 117 Å². The summed E-state index contributed by atoms with van der Waals surface area (Å²) in [7, 11) is 0. The van der Waals surface area contributed by atoms with Crippen molar-refractivity contribution in [3.63, 3.8) is 0 Å². The van der Waals surface area contributed by atoms with Gasteiger partial charge in [0.25, 0.3) is 0 Å². The standard InChI is InChI=1S/C14H20N6/c15-9-6-12-13(19-10-4-2-1-3-5-10)11(14(16)17)7-18-20(12)8-9/h6-8,10,19H,1-5,15H2,(H3,16,17). The quantitative estimate of drug-likeness (QED) is 0.506. The third-order valence-corrected chi connectivity index (χ3v) is 3.90. The molecule has 0 atom stereocenters. The first kappa shape index (κ1) is 12.8. The lowest BCUT2D eigenvalue weighted by molar-refractivity contribution is 0.463. The van der Waals surface area contributed by atoms with E-state index in [9.17, 15) is 0 Å². The Kier molecular flexibility index (Phi) is 3.22. The second kappa shape index (κ2) is 5.03. The van der Waals surface area contributed by atoms with Crippen LogP contribution in [0, 0.1) is 5.41 Å². The Hall–Kier alpha value is -2.24. The SMILES string of the molecule is N=C(N)c1cnn2cc(N)cc2c1NC1CCCCC1. The predicted molar refractivity (Wildman–Crippen MR) is 81.1 cm³/mol. The molecule has 1 saturated carbocycles. The molecule has 0 bridgehead atoms. The van der Waals surface area contributed by atoms with Gasteiger partial charge in [-0.05, 0) is 18.9 Å². The predicted octanol–water partition coefficient (Wildman–Crippen LogP) is 1.95. The topological polar surface area (TPSA) is 105 Å². The zero-order valence-electron chi connectivity index (χ0n) is 11.4. The number of nitrogens with two attached hydrogens (primary N) is 2. The fourth-order valence-corrected chi connectivity index (χ4v) is 2.88. The summed E-state index contributed by atoms with van der Waals surface area (Å²) in [4.78, 5) is 0. The Balaban J connectivity index is 2.04. The minimum absolute atomic E-state index is 0.0260. The van der Waals surface area contributed by atoms with E-state index in [0.29, 0.717) is 17.3 Å². The number of hydrogen-bond donors (Lipinski definition) is 4. The molecular weight excluding hydrogens is 252 g/mol. The molecule has 0 saturated heterocycles. The van der Waals surface area contributed by atoms with Gasteiger partial charge in [-0.15, -0.1) is 0 Å². The zero-order chi connectivity index (χ0) is 14.1. The van der Waals surface area contributed by atoms with Gasteiger partial charge in [0.15, 0.2) is 0 Å². The van der Waals surface area contributed by atoms with Gasteiger partial charge in [0, 0.05) is 6.04 Å². The number of aromatic nitrogens is 2. The third kappa shape index (κ3) is 2.29. The van der Waals surface area contributed by atoms with Crippen molar-refractivity contribution >= 4 is 22.7 Å². The van der Waals surface area contributed by atoms with E-state index in [-0.39, 0.29) is 5.84 Å². The first-order valence-corrected chi connectivity index (χ1v) is 7.03. The third-order valence-electron chi connectivity index (χ3n) is 3.90. The first-order valence-electron chi connectivity index (χ1n) is 7.03. The number of nitrogens with one attached hydrogen (secondary N) is 2. The highest BCUT2D eigenvalue weighted by molar-refractivity contribution is 6.03. The number of anilines is 2. The number of hydrogen-bond acceptors (Lipinski definition) is 4. The molecule has 3 rings (SSSR count). The second-order valence-corrected chi connectivity index (χ2v) is 5.43. The Morgan fingerprint density at radius 1 is 1.35 bits per heavy atom. The highest BCUT2D eigenvalue weighted by Gasteiger charge is 2.18. The van der Waals surface area contributed by atoms with Crippen molar-refractivity contribution in [1.29, 1.82) is 5.41 Å². The van der Waals surface area contributed by atoms with Crippen LogP contribution < -0.4 is 16.8 Å². The molecule has 2 aromatic heterocycles. The van der Waals surface area contributed by atoms with Crippen LogP contribution in [0.25, 0.3) is 5.52 Å². The molecule has 2 aromatic rings. The molecule has 6 heteroatoms. The lowest BCUT2D eigenvalue weighted by Gasteiger charge is -2.25. The molecule has 0 spiro atoms. The number of nitrogens with zero attached hydrogens (tertiary/aromatic N) is 2. The van der Waals surface area contributed by atoms with Gasteiger partial charge in [-0.3, -0.25) is 5.41 Å². The highest BCUT2D eigenvalue weighted by Crippen LogP contribution is 2.28. The van der Waals surface area contributed by atoms with Crippen molar-refractivity contribution in [3.05, 3.63) is 24.0 Å². The van der Waals surface area contributed by atoms with Crippen LogP contribution in [0.3, 0.4) is 0 Å². The van der Waals surface area contributed by atoms with E-state index in [0.717, 1.165) is 24.0 Å². The van der Waals surface area contributed by atoms with E-state index in [1.165, 1.54) is 19.3 Å². The summed E-state index contributed by atoms with van der Waals surface area (Å²) in [6.07, 6.45) is 9.51. The van der Waals surface area contributed by atoms with E-state index in [1.54, 1.807) is 16.9 Å². The van der Waals surface area contributed by atoms with Crippen LogP contribution in [0.15, 0.2) is 18.5 Å². The van der Waals surface area contributed by atoms with Gasteiger partial charge in [-0.1, -0.05) is 19.3 Å². The summed E-state index contributed by atoms with van der Waals surface area (Å²) in [5.74, 6) is 0.0260. The average Bonchev–Trinajstić information content (AvgIpc) is 2.81. The first-order chi connectivity index (χ1) is 9.65. The monoisotopic (exact) mass is 272 g/mol. The molecule has 1 fully saturated rings. The zero-order valence-corrected chi connectivity index (χ0v) is 11.4. The lowest BCUT2D eigenvalue weighted by atomic mass is 9.95. The average molecular weight is 272 g/mol. The maximum atomic E-state index is 7.73. The van der Waals surface area contributed by atoms with Crippen LogP contribution in [0.2, 0.25) is 0 Å². The molecule has 2 heterocycles. The summed E-state index contributed by atoms with van der Waals surface area (Å²) in [5.41, 5.74) is 14.6. The van der Waals surface area contributed by atoms with Crippen molar-refractivity contribution in [2.45, 2.75) is 38.1 Å². The van der Waals surface area contributed by atoms with E-state index in [4.69, 9.17) is 16.9 Å². The fraction of sp³-hybridized carbons (Fsp3) is 0.429. The minimum Gasteiger partial charge on any atom is -0.397 e. The van der Waals surface area contributed by atoms with Gasteiger partial charge in [0.1, 0.15) is 5.84 Å². The van der Waals surface area contributed by atoms with Crippen molar-refractivity contribution in [1.82, 2.24) is 9.61 Å². The largest absolute Gasteiger partial charge is 0.397 e. The van der Waals surface area contributed by atoms with Crippen LogP contribution in [0.4, 0.5) is 11.4 Å². The van der Waals surface area contributed by atoms with Crippen molar-refractivity contribution < 1.29 is 0 Å². The summed E-state index contributed by atoms with van der Waals surface area (Å²) in [5, 5.41) is 15.5. The maximum Gasteiger partial charge on any atom is 0.126 e. The van der Waals surface area contributed by atoms with Crippen LogP contribution in [0.1, 0.15) is 37.7 Å². The number of amidine groups is 1.